The topological polar surface area (TPSA) is 99.4 Å². The Morgan fingerprint density at radius 2 is 2.00 bits per heavy atom. The second-order valence-corrected chi connectivity index (χ2v) is 5.84. The molecule has 0 aliphatic carbocycles. The van der Waals surface area contributed by atoms with E-state index < -0.39 is 18.1 Å². The van der Waals surface area contributed by atoms with Crippen LogP contribution in [0, 0.1) is 17.2 Å². The maximum Gasteiger partial charge on any atom is 0.408 e. The van der Waals surface area contributed by atoms with Gasteiger partial charge in [0.2, 0.25) is 0 Å². The number of benzene rings is 1. The molecule has 1 aromatic rings. The van der Waals surface area contributed by atoms with Crippen LogP contribution in [-0.4, -0.2) is 23.2 Å². The molecule has 1 rings (SSSR count). The highest BCUT2D eigenvalue weighted by atomic mass is 16.5. The number of ether oxygens (including phenoxy) is 1. The van der Waals surface area contributed by atoms with Gasteiger partial charge < -0.3 is 15.2 Å². The van der Waals surface area contributed by atoms with E-state index in [1.807, 2.05) is 37.3 Å². The molecular formula is C18H24N2O4. The number of hydrogen-bond acceptors (Lipinski definition) is 4. The van der Waals surface area contributed by atoms with Gasteiger partial charge in [0.15, 0.2) is 0 Å². The summed E-state index contributed by atoms with van der Waals surface area (Å²) in [4.78, 5) is 23.1. The zero-order chi connectivity index (χ0) is 17.8. The first-order valence-electron chi connectivity index (χ1n) is 8.10. The molecule has 0 spiro atoms. The Bertz CT molecular complexity index is 554. The summed E-state index contributed by atoms with van der Waals surface area (Å²) in [5.41, 5.74) is 0.838. The van der Waals surface area contributed by atoms with Crippen molar-refractivity contribution in [2.45, 2.75) is 51.7 Å². The number of nitrogens with zero attached hydrogens (tertiary/aromatic N) is 1. The standard InChI is InChI=1S/C18H24N2O4/c1-14(8-4-3-7-11-19)12-16(17(21)22)20-18(23)24-13-15-9-5-2-6-10-15/h2,5-6,9-10,14,16H,3-4,7-8,12-13H2,1H3,(H,20,23)(H,21,22)/t14?,16-/m0/s1. The summed E-state index contributed by atoms with van der Waals surface area (Å²) in [6.07, 6.45) is 2.63. The number of alkyl carbamates (subject to hydrolysis) is 1. The van der Waals surface area contributed by atoms with E-state index in [0.29, 0.717) is 12.8 Å². The van der Waals surface area contributed by atoms with Gasteiger partial charge in [0, 0.05) is 6.42 Å². The molecule has 0 aliphatic heterocycles. The van der Waals surface area contributed by atoms with Gasteiger partial charge in [0.1, 0.15) is 12.6 Å². The van der Waals surface area contributed by atoms with E-state index in [1.54, 1.807) is 0 Å². The number of hydrogen-bond donors (Lipinski definition) is 2. The fourth-order valence-electron chi connectivity index (χ4n) is 2.35. The van der Waals surface area contributed by atoms with Crippen molar-refractivity contribution in [1.82, 2.24) is 5.32 Å². The van der Waals surface area contributed by atoms with Crippen molar-refractivity contribution in [1.29, 1.82) is 5.26 Å². The third kappa shape index (κ3) is 8.18. The quantitative estimate of drug-likeness (QED) is 0.639. The summed E-state index contributed by atoms with van der Waals surface area (Å²) >= 11 is 0. The van der Waals surface area contributed by atoms with Crippen molar-refractivity contribution < 1.29 is 19.4 Å². The van der Waals surface area contributed by atoms with Gasteiger partial charge >= 0.3 is 12.1 Å². The highest BCUT2D eigenvalue weighted by Gasteiger charge is 2.23. The van der Waals surface area contributed by atoms with Crippen LogP contribution in [0.25, 0.3) is 0 Å². The molecule has 24 heavy (non-hydrogen) atoms. The van der Waals surface area contributed by atoms with Crippen molar-refractivity contribution in [3.8, 4) is 6.07 Å². The Hall–Kier alpha value is -2.55. The number of nitriles is 1. The Morgan fingerprint density at radius 1 is 1.29 bits per heavy atom. The fraction of sp³-hybridized carbons (Fsp3) is 0.500. The van der Waals surface area contributed by atoms with E-state index in [0.717, 1.165) is 24.8 Å². The first kappa shape index (κ1) is 19.5. The van der Waals surface area contributed by atoms with Crippen LogP contribution < -0.4 is 5.32 Å². The Morgan fingerprint density at radius 3 is 2.62 bits per heavy atom. The summed E-state index contributed by atoms with van der Waals surface area (Å²) < 4.78 is 5.05. The van der Waals surface area contributed by atoms with Crippen LogP contribution in [0.5, 0.6) is 0 Å². The van der Waals surface area contributed by atoms with Crippen molar-refractivity contribution in [3.63, 3.8) is 0 Å². The first-order chi connectivity index (χ1) is 11.5. The van der Waals surface area contributed by atoms with Gasteiger partial charge in [0.05, 0.1) is 6.07 Å². The number of amides is 1. The maximum atomic E-state index is 11.8. The summed E-state index contributed by atoms with van der Waals surface area (Å²) in [5.74, 6) is -0.935. The lowest BCUT2D eigenvalue weighted by Crippen LogP contribution is -2.42. The summed E-state index contributed by atoms with van der Waals surface area (Å²) in [6, 6.07) is 10.3. The van der Waals surface area contributed by atoms with E-state index in [2.05, 4.69) is 11.4 Å². The zero-order valence-electron chi connectivity index (χ0n) is 13.9. The molecule has 0 aromatic heterocycles. The largest absolute Gasteiger partial charge is 0.480 e. The van der Waals surface area contributed by atoms with E-state index in [1.165, 1.54) is 0 Å². The minimum Gasteiger partial charge on any atom is -0.480 e. The second-order valence-electron chi connectivity index (χ2n) is 5.84. The molecule has 0 saturated carbocycles. The third-order valence-corrected chi connectivity index (χ3v) is 3.68. The molecule has 2 N–H and O–H groups in total. The smallest absolute Gasteiger partial charge is 0.408 e. The zero-order valence-corrected chi connectivity index (χ0v) is 13.9. The minimum atomic E-state index is -1.07. The monoisotopic (exact) mass is 332 g/mol. The van der Waals surface area contributed by atoms with Crippen LogP contribution in [0.2, 0.25) is 0 Å². The number of nitrogens with one attached hydrogen (secondary N) is 1. The number of carbonyl (C=O) groups is 2. The molecule has 0 fully saturated rings. The second kappa shape index (κ2) is 11.1. The van der Waals surface area contributed by atoms with Crippen LogP contribution >= 0.6 is 0 Å². The molecule has 0 bridgehead atoms. The van der Waals surface area contributed by atoms with Gasteiger partial charge in [-0.2, -0.15) is 5.26 Å². The van der Waals surface area contributed by atoms with Crippen LogP contribution in [0.1, 0.15) is 44.6 Å². The third-order valence-electron chi connectivity index (χ3n) is 3.68. The molecule has 1 unspecified atom stereocenters. The summed E-state index contributed by atoms with van der Waals surface area (Å²) in [7, 11) is 0. The normalized spacial score (nSPS) is 12.7. The van der Waals surface area contributed by atoms with E-state index in [4.69, 9.17) is 10.00 Å². The van der Waals surface area contributed by atoms with E-state index in [9.17, 15) is 14.7 Å². The predicted octanol–water partition coefficient (Wildman–Crippen LogP) is 3.48. The number of carboxylic acids is 1. The number of unbranched alkanes of at least 4 members (excludes halogenated alkanes) is 2. The van der Waals surface area contributed by atoms with Crippen LogP contribution in [0.4, 0.5) is 4.79 Å². The van der Waals surface area contributed by atoms with Crippen LogP contribution in [-0.2, 0) is 16.1 Å². The highest BCUT2D eigenvalue weighted by molar-refractivity contribution is 5.79. The number of carboxylic acid groups (broad SMARTS) is 1. The van der Waals surface area contributed by atoms with E-state index >= 15 is 0 Å². The SMILES string of the molecule is CC(CCCCC#N)C[C@H](NC(=O)OCc1ccccc1)C(=O)O. The van der Waals surface area contributed by atoms with Gasteiger partial charge in [-0.1, -0.05) is 50.1 Å². The van der Waals surface area contributed by atoms with Crippen LogP contribution in [0.15, 0.2) is 30.3 Å². The van der Waals surface area contributed by atoms with Gasteiger partial charge in [-0.05, 0) is 24.3 Å². The average Bonchev–Trinajstić information content (AvgIpc) is 2.57. The van der Waals surface area contributed by atoms with Crippen LogP contribution in [0.3, 0.4) is 0 Å². The average molecular weight is 332 g/mol. The molecule has 0 aliphatic rings. The summed E-state index contributed by atoms with van der Waals surface area (Å²) in [6.45, 7) is 2.04. The molecule has 1 amide bonds. The van der Waals surface area contributed by atoms with Crippen molar-refractivity contribution in [2.24, 2.45) is 5.92 Å². The lowest BCUT2D eigenvalue weighted by atomic mass is 9.96. The molecule has 2 atom stereocenters. The maximum absolute atomic E-state index is 11.8. The molecular weight excluding hydrogens is 308 g/mol. The van der Waals surface area contributed by atoms with Crippen molar-refractivity contribution in [2.75, 3.05) is 0 Å². The molecule has 6 nitrogen and oxygen atoms in total. The Balaban J connectivity index is 2.37. The Labute approximate surface area is 142 Å². The van der Waals surface area contributed by atoms with Crippen molar-refractivity contribution in [3.05, 3.63) is 35.9 Å². The lowest BCUT2D eigenvalue weighted by molar-refractivity contribution is -0.139. The Kier molecular flexibility index (Phi) is 8.98. The molecule has 130 valence electrons. The molecule has 0 heterocycles. The molecule has 0 saturated heterocycles. The molecule has 1 aromatic carbocycles. The first-order valence-corrected chi connectivity index (χ1v) is 8.10. The predicted molar refractivity (Wildman–Crippen MR) is 89.0 cm³/mol. The van der Waals surface area contributed by atoms with Gasteiger partial charge in [-0.25, -0.2) is 9.59 Å². The molecule has 0 radical (unpaired) electrons. The van der Waals surface area contributed by atoms with Gasteiger partial charge in [-0.15, -0.1) is 0 Å². The summed E-state index contributed by atoms with van der Waals surface area (Å²) in [5, 5.41) is 20.2. The van der Waals surface area contributed by atoms with Crippen molar-refractivity contribution >= 4 is 12.1 Å². The lowest BCUT2D eigenvalue weighted by Gasteiger charge is -2.18. The highest BCUT2D eigenvalue weighted by Crippen LogP contribution is 2.15. The number of carbonyl (C=O) groups excluding carboxylic acids is 1. The van der Waals surface area contributed by atoms with Gasteiger partial charge in [0.25, 0.3) is 0 Å². The molecule has 6 heteroatoms. The number of rotatable bonds is 10. The minimum absolute atomic E-state index is 0.0999. The fourth-order valence-corrected chi connectivity index (χ4v) is 2.35. The number of aliphatic carboxylic acids is 1. The van der Waals surface area contributed by atoms with Gasteiger partial charge in [-0.3, -0.25) is 0 Å². The van der Waals surface area contributed by atoms with E-state index in [-0.39, 0.29) is 12.5 Å².